The van der Waals surface area contributed by atoms with Crippen LogP contribution in [0.1, 0.15) is 48.2 Å². The van der Waals surface area contributed by atoms with Crippen molar-refractivity contribution >= 4 is 22.5 Å². The third kappa shape index (κ3) is 2.66. The highest BCUT2D eigenvalue weighted by Gasteiger charge is 2.24. The van der Waals surface area contributed by atoms with E-state index in [0.717, 1.165) is 12.8 Å². The summed E-state index contributed by atoms with van der Waals surface area (Å²) in [4.78, 5) is 19.4. The third-order valence-corrected chi connectivity index (χ3v) is 4.91. The number of nitrogens with zero attached hydrogens (tertiary/aromatic N) is 1. The second kappa shape index (κ2) is 6.53. The third-order valence-electron chi connectivity index (χ3n) is 4.91. The number of aromatic amines is 1. The zero-order valence-electron chi connectivity index (χ0n) is 14.5. The van der Waals surface area contributed by atoms with E-state index < -0.39 is 0 Å². The molecule has 5 nitrogen and oxygen atoms in total. The number of aromatic nitrogens is 2. The number of rotatable bonds is 4. The van der Waals surface area contributed by atoms with Gasteiger partial charge < -0.3 is 15.5 Å². The van der Waals surface area contributed by atoms with Gasteiger partial charge in [-0.05, 0) is 25.0 Å². The lowest BCUT2D eigenvalue weighted by atomic mass is 10.0. The Labute approximate surface area is 150 Å². The lowest BCUT2D eigenvalue weighted by molar-refractivity contribution is 0.0989. The van der Waals surface area contributed by atoms with Crippen LogP contribution >= 0.6 is 0 Å². The minimum Gasteiger partial charge on any atom is -0.382 e. The fraction of sp³-hybridized carbons (Fsp3) is 0.300. The van der Waals surface area contributed by atoms with Crippen LogP contribution in [0.15, 0.2) is 30.5 Å². The van der Waals surface area contributed by atoms with Crippen LogP contribution in [0.3, 0.4) is 0 Å². The number of anilines is 1. The largest absolute Gasteiger partial charge is 0.382 e. The zero-order valence-corrected chi connectivity index (χ0v) is 14.5. The van der Waals surface area contributed by atoms with Crippen molar-refractivity contribution in [3.63, 3.8) is 0 Å². The van der Waals surface area contributed by atoms with Gasteiger partial charge in [0.2, 0.25) is 0 Å². The minimum atomic E-state index is -0.305. The Hall–Kier alpha value is -2.73. The number of pyridine rings is 1. The number of benzene rings is 1. The number of halogens is 1. The Morgan fingerprint density at radius 1 is 1.46 bits per heavy atom. The highest BCUT2D eigenvalue weighted by atomic mass is 19.1. The maximum Gasteiger partial charge on any atom is 0.164 e. The first-order valence-electron chi connectivity index (χ1n) is 8.81. The van der Waals surface area contributed by atoms with E-state index in [-0.39, 0.29) is 23.5 Å². The van der Waals surface area contributed by atoms with Gasteiger partial charge in [0, 0.05) is 47.0 Å². The predicted molar refractivity (Wildman–Crippen MR) is 98.4 cm³/mol. The van der Waals surface area contributed by atoms with Crippen molar-refractivity contribution in [2.24, 2.45) is 0 Å². The molecule has 6 heteroatoms. The number of fused-ring (bicyclic) bond motifs is 1. The van der Waals surface area contributed by atoms with E-state index in [1.807, 2.05) is 6.07 Å². The van der Waals surface area contributed by atoms with Gasteiger partial charge in [-0.3, -0.25) is 4.79 Å². The quantitative estimate of drug-likeness (QED) is 0.681. The van der Waals surface area contributed by atoms with Crippen LogP contribution in [0.4, 0.5) is 10.2 Å². The normalized spacial score (nSPS) is 17.1. The Morgan fingerprint density at radius 3 is 3.04 bits per heavy atom. The molecule has 4 rings (SSSR count). The van der Waals surface area contributed by atoms with Crippen molar-refractivity contribution in [1.29, 1.82) is 0 Å². The van der Waals surface area contributed by atoms with Gasteiger partial charge in [-0.15, -0.1) is 0 Å². The van der Waals surface area contributed by atoms with Crippen LogP contribution in [0, 0.1) is 5.82 Å². The van der Waals surface area contributed by atoms with Gasteiger partial charge in [0.25, 0.3) is 0 Å². The number of nitrogens with one attached hydrogen (secondary N) is 1. The smallest absolute Gasteiger partial charge is 0.164 e. The number of hydrogen-bond donors (Lipinski definition) is 2. The first-order chi connectivity index (χ1) is 12.6. The fourth-order valence-electron chi connectivity index (χ4n) is 3.52. The average Bonchev–Trinajstić information content (AvgIpc) is 3.32. The molecule has 1 aliphatic heterocycles. The van der Waals surface area contributed by atoms with E-state index in [1.165, 1.54) is 6.20 Å². The van der Waals surface area contributed by atoms with Crippen molar-refractivity contribution < 1.29 is 13.9 Å². The van der Waals surface area contributed by atoms with Gasteiger partial charge in [-0.2, -0.15) is 0 Å². The molecule has 26 heavy (non-hydrogen) atoms. The van der Waals surface area contributed by atoms with Gasteiger partial charge in [0.15, 0.2) is 5.78 Å². The number of Topliss-reactive ketones (excluding diaryl/α,β-unsaturated/α-hetero) is 1. The van der Waals surface area contributed by atoms with E-state index in [0.29, 0.717) is 46.3 Å². The van der Waals surface area contributed by atoms with Gasteiger partial charge in [-0.1, -0.05) is 19.1 Å². The molecule has 1 saturated heterocycles. The molecular weight excluding hydrogens is 333 g/mol. The van der Waals surface area contributed by atoms with Crippen LogP contribution in [0.5, 0.6) is 0 Å². The second-order valence-corrected chi connectivity index (χ2v) is 6.52. The summed E-state index contributed by atoms with van der Waals surface area (Å²) >= 11 is 0. The van der Waals surface area contributed by atoms with Gasteiger partial charge in [-0.25, -0.2) is 9.37 Å². The summed E-state index contributed by atoms with van der Waals surface area (Å²) in [6.45, 7) is 2.45. The molecule has 3 heterocycles. The Balaban J connectivity index is 1.86. The second-order valence-electron chi connectivity index (χ2n) is 6.52. The van der Waals surface area contributed by atoms with E-state index in [2.05, 4.69) is 9.97 Å². The van der Waals surface area contributed by atoms with Crippen molar-refractivity contribution in [3.05, 3.63) is 47.4 Å². The number of hydrogen-bond acceptors (Lipinski definition) is 4. The van der Waals surface area contributed by atoms with Crippen LogP contribution in [0.2, 0.25) is 0 Å². The van der Waals surface area contributed by atoms with E-state index in [9.17, 15) is 4.79 Å². The number of ketones is 1. The van der Waals surface area contributed by atoms with Crippen LogP contribution < -0.4 is 5.73 Å². The number of nitrogen functional groups attached to an aromatic ring is 1. The summed E-state index contributed by atoms with van der Waals surface area (Å²) in [6, 6.07) is 7.07. The first kappa shape index (κ1) is 16.7. The van der Waals surface area contributed by atoms with Crippen LogP contribution in [0.25, 0.3) is 22.2 Å². The summed E-state index contributed by atoms with van der Waals surface area (Å²) in [5.74, 6) is -0.0444. The number of carbonyl (C=O) groups excluding carboxylic acids is 1. The van der Waals surface area contributed by atoms with Crippen LogP contribution in [-0.2, 0) is 4.74 Å². The number of nitrogens with two attached hydrogens (primary N) is 1. The topological polar surface area (TPSA) is 81.0 Å². The van der Waals surface area contributed by atoms with Gasteiger partial charge >= 0.3 is 0 Å². The van der Waals surface area contributed by atoms with Crippen molar-refractivity contribution in [1.82, 2.24) is 9.97 Å². The molecule has 0 amide bonds. The van der Waals surface area contributed by atoms with Crippen molar-refractivity contribution in [2.75, 3.05) is 12.3 Å². The molecule has 1 aromatic carbocycles. The molecule has 0 bridgehead atoms. The Bertz CT molecular complexity index is 990. The summed E-state index contributed by atoms with van der Waals surface area (Å²) in [5, 5.41) is 0.668. The molecule has 0 radical (unpaired) electrons. The molecule has 1 fully saturated rings. The van der Waals surface area contributed by atoms with Crippen LogP contribution in [-0.4, -0.2) is 22.4 Å². The number of H-pyrrole nitrogens is 1. The molecule has 1 atom stereocenters. The monoisotopic (exact) mass is 353 g/mol. The number of carbonyl (C=O) groups is 1. The lowest BCUT2D eigenvalue weighted by Gasteiger charge is -2.13. The molecule has 0 spiro atoms. The first-order valence-corrected chi connectivity index (χ1v) is 8.81. The molecular formula is C20H20FN3O2. The SMILES string of the molecule is CCC(=O)c1cnc(N)c2[nH]c(-c3cccc(C4CCCO4)c3F)cc12. The molecule has 134 valence electrons. The maximum atomic E-state index is 15.2. The fourth-order valence-corrected chi connectivity index (χ4v) is 3.52. The van der Waals surface area contributed by atoms with Crippen molar-refractivity contribution in [2.45, 2.75) is 32.3 Å². The standard InChI is InChI=1S/C20H20FN3O2/c1-2-16(25)14-10-23-20(22)19-13(14)9-15(24-19)11-5-3-6-12(18(11)21)17-7-4-8-26-17/h3,5-6,9-10,17,24H,2,4,7-8H2,1H3,(H2,22,23). The summed E-state index contributed by atoms with van der Waals surface area (Å²) in [6.07, 6.45) is 3.40. The number of ether oxygens (including phenoxy) is 1. The summed E-state index contributed by atoms with van der Waals surface area (Å²) < 4.78 is 20.8. The highest BCUT2D eigenvalue weighted by molar-refractivity contribution is 6.10. The van der Waals surface area contributed by atoms with E-state index in [1.54, 1.807) is 25.1 Å². The molecule has 3 aromatic rings. The highest BCUT2D eigenvalue weighted by Crippen LogP contribution is 2.36. The molecule has 0 saturated carbocycles. The molecule has 1 aliphatic rings. The molecule has 2 aromatic heterocycles. The zero-order chi connectivity index (χ0) is 18.3. The molecule has 3 N–H and O–H groups in total. The Kier molecular flexibility index (Phi) is 4.20. The van der Waals surface area contributed by atoms with Gasteiger partial charge in [0.05, 0.1) is 11.6 Å². The average molecular weight is 353 g/mol. The summed E-state index contributed by atoms with van der Waals surface area (Å²) in [7, 11) is 0. The summed E-state index contributed by atoms with van der Waals surface area (Å²) in [5.41, 5.74) is 8.58. The predicted octanol–water partition coefficient (Wildman–Crippen LogP) is 4.40. The van der Waals surface area contributed by atoms with E-state index in [4.69, 9.17) is 10.5 Å². The van der Waals surface area contributed by atoms with Gasteiger partial charge in [0.1, 0.15) is 11.6 Å². The molecule has 1 unspecified atom stereocenters. The maximum absolute atomic E-state index is 15.2. The van der Waals surface area contributed by atoms with E-state index >= 15 is 4.39 Å². The Morgan fingerprint density at radius 2 is 2.31 bits per heavy atom. The van der Waals surface area contributed by atoms with Crippen molar-refractivity contribution in [3.8, 4) is 11.3 Å². The minimum absolute atomic E-state index is 0.0263. The molecule has 0 aliphatic carbocycles. The lowest BCUT2D eigenvalue weighted by Crippen LogP contribution is -2.01.